The first-order valence-electron chi connectivity index (χ1n) is 9.60. The molecule has 0 bridgehead atoms. The molecule has 0 spiro atoms. The molecule has 1 aromatic rings. The van der Waals surface area contributed by atoms with Gasteiger partial charge in [-0.3, -0.25) is 0 Å². The first-order chi connectivity index (χ1) is 11.9. The maximum atomic E-state index is 12.7. The normalized spacial score (nSPS) is 12.4. The lowest BCUT2D eigenvalue weighted by Gasteiger charge is -2.23. The van der Waals surface area contributed by atoms with Gasteiger partial charge in [-0.2, -0.15) is 8.42 Å². The highest BCUT2D eigenvalue weighted by Crippen LogP contribution is 2.16. The molecule has 0 amide bonds. The molecular formula is C20H34N2O2S. The summed E-state index contributed by atoms with van der Waals surface area (Å²) in [6.45, 7) is 9.78. The second-order valence-electron chi connectivity index (χ2n) is 6.49. The Kier molecular flexibility index (Phi) is 9.79. The molecule has 5 heteroatoms. The monoisotopic (exact) mass is 366 g/mol. The van der Waals surface area contributed by atoms with E-state index in [2.05, 4.69) is 16.2 Å². The minimum Gasteiger partial charge on any atom is -0.360 e. The number of hydrogen-bond donors (Lipinski definition) is 0. The summed E-state index contributed by atoms with van der Waals surface area (Å²) in [5, 5.41) is 0. The Morgan fingerprint density at radius 3 is 2.04 bits per heavy atom. The zero-order valence-electron chi connectivity index (χ0n) is 16.3. The number of nitrogens with zero attached hydrogens (tertiary/aromatic N) is 2. The van der Waals surface area contributed by atoms with Crippen molar-refractivity contribution >= 4 is 15.9 Å². The van der Waals surface area contributed by atoms with Crippen LogP contribution in [0.3, 0.4) is 0 Å². The van der Waals surface area contributed by atoms with Crippen molar-refractivity contribution in [1.82, 2.24) is 4.90 Å². The molecule has 1 aromatic carbocycles. The van der Waals surface area contributed by atoms with E-state index in [1.807, 2.05) is 32.9 Å². The van der Waals surface area contributed by atoms with Crippen LogP contribution in [0.4, 0.5) is 0 Å². The largest absolute Gasteiger partial charge is 0.360 e. The van der Waals surface area contributed by atoms with Crippen LogP contribution in [0.5, 0.6) is 0 Å². The Morgan fingerprint density at radius 2 is 1.48 bits per heavy atom. The van der Waals surface area contributed by atoms with Crippen LogP contribution in [0.25, 0.3) is 0 Å². The van der Waals surface area contributed by atoms with Crippen LogP contribution in [0, 0.1) is 6.92 Å². The molecule has 0 aliphatic rings. The second-order valence-corrected chi connectivity index (χ2v) is 8.09. The minimum absolute atomic E-state index is 0.269. The van der Waals surface area contributed by atoms with Crippen LogP contribution < -0.4 is 0 Å². The van der Waals surface area contributed by atoms with Crippen molar-refractivity contribution in [2.75, 3.05) is 13.1 Å². The molecule has 0 N–H and O–H groups in total. The van der Waals surface area contributed by atoms with E-state index >= 15 is 0 Å². The van der Waals surface area contributed by atoms with Gasteiger partial charge in [0, 0.05) is 19.5 Å². The number of sulfonamides is 1. The number of unbranched alkanes of at least 4 members (excludes halogenated alkanes) is 5. The molecule has 0 saturated carbocycles. The third kappa shape index (κ3) is 7.59. The molecule has 1 rings (SSSR count). The van der Waals surface area contributed by atoms with E-state index in [0.29, 0.717) is 5.84 Å². The van der Waals surface area contributed by atoms with E-state index in [-0.39, 0.29) is 4.90 Å². The van der Waals surface area contributed by atoms with Gasteiger partial charge in [-0.1, -0.05) is 56.7 Å². The van der Waals surface area contributed by atoms with E-state index in [0.717, 1.165) is 37.9 Å². The Balaban J connectivity index is 2.86. The Hall–Kier alpha value is -1.36. The quantitative estimate of drug-likeness (QED) is 0.308. The molecular weight excluding hydrogens is 332 g/mol. The van der Waals surface area contributed by atoms with Crippen LogP contribution in [0.2, 0.25) is 0 Å². The summed E-state index contributed by atoms with van der Waals surface area (Å²) in [4.78, 5) is 2.32. The topological polar surface area (TPSA) is 49.7 Å². The van der Waals surface area contributed by atoms with Gasteiger partial charge in [-0.05, 0) is 39.3 Å². The number of aryl methyl sites for hydroxylation is 1. The van der Waals surface area contributed by atoms with Gasteiger partial charge in [-0.25, -0.2) is 0 Å². The van der Waals surface area contributed by atoms with Crippen molar-refractivity contribution < 1.29 is 8.42 Å². The van der Waals surface area contributed by atoms with Crippen molar-refractivity contribution in [3.63, 3.8) is 0 Å². The maximum absolute atomic E-state index is 12.7. The van der Waals surface area contributed by atoms with Crippen LogP contribution in [-0.4, -0.2) is 32.2 Å². The number of benzene rings is 1. The zero-order chi connectivity index (χ0) is 18.7. The molecule has 0 saturated heterocycles. The number of amidine groups is 1. The average molecular weight is 367 g/mol. The van der Waals surface area contributed by atoms with E-state index in [4.69, 9.17) is 0 Å². The predicted octanol–water partition coefficient (Wildman–Crippen LogP) is 5.17. The van der Waals surface area contributed by atoms with Crippen LogP contribution >= 0.6 is 0 Å². The van der Waals surface area contributed by atoms with Gasteiger partial charge in [-0.15, -0.1) is 4.40 Å². The standard InChI is InChI=1S/C20H34N2O2S/c1-5-8-9-10-11-12-13-20(22(6-2)7-3)21-25(23,24)19-16-14-18(4)15-17-19/h14-17H,5-13H2,1-4H3. The Morgan fingerprint density at radius 1 is 0.920 bits per heavy atom. The van der Waals surface area contributed by atoms with Gasteiger partial charge in [0.05, 0.1) is 4.90 Å². The molecule has 0 heterocycles. The smallest absolute Gasteiger partial charge is 0.283 e. The summed E-state index contributed by atoms with van der Waals surface area (Å²) in [5.41, 5.74) is 1.04. The minimum atomic E-state index is -3.65. The SMILES string of the molecule is CCCCCCCCC(=NS(=O)(=O)c1ccc(C)cc1)N(CC)CC. The van der Waals surface area contributed by atoms with E-state index in [1.54, 1.807) is 12.1 Å². The molecule has 0 aliphatic carbocycles. The summed E-state index contributed by atoms with van der Waals surface area (Å²) in [7, 11) is -3.65. The van der Waals surface area contributed by atoms with E-state index in [9.17, 15) is 8.42 Å². The molecule has 25 heavy (non-hydrogen) atoms. The highest BCUT2D eigenvalue weighted by molar-refractivity contribution is 7.90. The number of rotatable bonds is 11. The lowest BCUT2D eigenvalue weighted by Crippen LogP contribution is -2.31. The van der Waals surface area contributed by atoms with Gasteiger partial charge in [0.2, 0.25) is 0 Å². The highest BCUT2D eigenvalue weighted by atomic mass is 32.2. The van der Waals surface area contributed by atoms with Gasteiger partial charge < -0.3 is 4.90 Å². The molecule has 142 valence electrons. The molecule has 0 aliphatic heterocycles. The fourth-order valence-corrected chi connectivity index (χ4v) is 3.88. The van der Waals surface area contributed by atoms with Crippen LogP contribution in [-0.2, 0) is 10.0 Å². The first kappa shape index (κ1) is 21.7. The van der Waals surface area contributed by atoms with Crippen LogP contribution in [0.15, 0.2) is 33.6 Å². The van der Waals surface area contributed by atoms with Crippen molar-refractivity contribution in [3.8, 4) is 0 Å². The summed E-state index contributed by atoms with van der Waals surface area (Å²) in [5.74, 6) is 0.695. The lowest BCUT2D eigenvalue weighted by atomic mass is 10.1. The third-order valence-corrected chi connectivity index (χ3v) is 5.75. The highest BCUT2D eigenvalue weighted by Gasteiger charge is 2.17. The van der Waals surface area contributed by atoms with Gasteiger partial charge in [0.1, 0.15) is 5.84 Å². The van der Waals surface area contributed by atoms with Crippen molar-refractivity contribution in [1.29, 1.82) is 0 Å². The number of hydrogen-bond acceptors (Lipinski definition) is 2. The summed E-state index contributed by atoms with van der Waals surface area (Å²) in [6.07, 6.45) is 7.83. The molecule has 0 aromatic heterocycles. The lowest BCUT2D eigenvalue weighted by molar-refractivity contribution is 0.451. The Bertz CT molecular complexity index is 618. The third-order valence-electron chi connectivity index (χ3n) is 4.43. The molecule has 0 unspecified atom stereocenters. The van der Waals surface area contributed by atoms with Crippen molar-refractivity contribution in [3.05, 3.63) is 29.8 Å². The molecule has 0 atom stereocenters. The maximum Gasteiger partial charge on any atom is 0.283 e. The average Bonchev–Trinajstić information content (AvgIpc) is 2.59. The van der Waals surface area contributed by atoms with Crippen molar-refractivity contribution in [2.45, 2.75) is 77.5 Å². The molecule has 0 radical (unpaired) electrons. The predicted molar refractivity (Wildman–Crippen MR) is 107 cm³/mol. The summed E-state index contributed by atoms with van der Waals surface area (Å²) in [6, 6.07) is 6.90. The zero-order valence-corrected chi connectivity index (χ0v) is 17.1. The Labute approximate surface area is 154 Å². The molecule has 0 fully saturated rings. The summed E-state index contributed by atoms with van der Waals surface area (Å²) >= 11 is 0. The summed E-state index contributed by atoms with van der Waals surface area (Å²) < 4.78 is 29.5. The van der Waals surface area contributed by atoms with Gasteiger partial charge in [0.15, 0.2) is 0 Å². The van der Waals surface area contributed by atoms with Crippen molar-refractivity contribution in [2.24, 2.45) is 4.40 Å². The van der Waals surface area contributed by atoms with E-state index in [1.165, 1.54) is 25.7 Å². The second kappa shape index (κ2) is 11.3. The first-order valence-corrected chi connectivity index (χ1v) is 11.0. The van der Waals surface area contributed by atoms with Gasteiger partial charge >= 0.3 is 0 Å². The fraction of sp³-hybridized carbons (Fsp3) is 0.650. The fourth-order valence-electron chi connectivity index (χ4n) is 2.82. The van der Waals surface area contributed by atoms with Gasteiger partial charge in [0.25, 0.3) is 10.0 Å². The molecule has 4 nitrogen and oxygen atoms in total. The van der Waals surface area contributed by atoms with Crippen LogP contribution in [0.1, 0.15) is 71.3 Å². The van der Waals surface area contributed by atoms with E-state index < -0.39 is 10.0 Å².